The third-order valence-electron chi connectivity index (χ3n) is 5.21. The first-order chi connectivity index (χ1) is 9.21. The number of carbonyl (C=O) groups is 1. The summed E-state index contributed by atoms with van der Waals surface area (Å²) in [7, 11) is 1.95. The van der Waals surface area contributed by atoms with Crippen LogP contribution in [0.15, 0.2) is 0 Å². The number of carbonyl (C=O) groups excluding carboxylic acids is 1. The Bertz CT molecular complexity index is 339. The monoisotopic (exact) mass is 302 g/mol. The summed E-state index contributed by atoms with van der Waals surface area (Å²) >= 11 is 0. The molecule has 0 bridgehead atoms. The van der Waals surface area contributed by atoms with Crippen molar-refractivity contribution in [2.24, 2.45) is 11.3 Å². The Balaban J connectivity index is 0.00000147. The summed E-state index contributed by atoms with van der Waals surface area (Å²) in [6.07, 6.45) is 7.26. The second-order valence-corrected chi connectivity index (χ2v) is 6.58. The van der Waals surface area contributed by atoms with E-state index < -0.39 is 0 Å². The van der Waals surface area contributed by atoms with Crippen LogP contribution in [0, 0.1) is 11.3 Å². The second kappa shape index (κ2) is 6.63. The fraction of sp³-hybridized carbons (Fsp3) is 0.933. The van der Waals surface area contributed by atoms with Gasteiger partial charge in [-0.25, -0.2) is 0 Å². The Labute approximate surface area is 128 Å². The molecule has 3 aliphatic rings. The van der Waals surface area contributed by atoms with Gasteiger partial charge in [0.1, 0.15) is 0 Å². The first-order valence-electron chi connectivity index (χ1n) is 7.79. The normalized spacial score (nSPS) is 31.4. The molecular formula is C15H27ClN2O2. The average molecular weight is 303 g/mol. The molecule has 2 aliphatic heterocycles. The largest absolute Gasteiger partial charge is 0.376 e. The minimum absolute atomic E-state index is 0. The van der Waals surface area contributed by atoms with E-state index in [1.807, 2.05) is 11.9 Å². The van der Waals surface area contributed by atoms with Crippen LogP contribution in [0.4, 0.5) is 0 Å². The molecule has 1 aliphatic carbocycles. The predicted molar refractivity (Wildman–Crippen MR) is 81.1 cm³/mol. The highest BCUT2D eigenvalue weighted by Crippen LogP contribution is 2.59. The Morgan fingerprint density at radius 1 is 1.35 bits per heavy atom. The molecule has 1 saturated carbocycles. The van der Waals surface area contributed by atoms with Crippen LogP contribution in [0.2, 0.25) is 0 Å². The highest BCUT2D eigenvalue weighted by atomic mass is 35.5. The van der Waals surface area contributed by atoms with Crippen LogP contribution in [-0.2, 0) is 9.53 Å². The van der Waals surface area contributed by atoms with Crippen molar-refractivity contribution in [3.8, 4) is 0 Å². The standard InChI is InChI=1S/C15H26N2O2.ClH/c1-17(11-12-4-2-3-9-19-12)14(18)13-10-15(13)5-7-16-8-6-15;/h12-13,16H,2-11H2,1H3;1H. The first-order valence-corrected chi connectivity index (χ1v) is 7.79. The molecule has 20 heavy (non-hydrogen) atoms. The van der Waals surface area contributed by atoms with Crippen molar-refractivity contribution in [2.75, 3.05) is 33.3 Å². The zero-order valence-corrected chi connectivity index (χ0v) is 13.2. The van der Waals surface area contributed by atoms with E-state index in [4.69, 9.17) is 4.74 Å². The minimum atomic E-state index is 0. The van der Waals surface area contributed by atoms with E-state index in [0.29, 0.717) is 17.2 Å². The second-order valence-electron chi connectivity index (χ2n) is 6.58. The minimum Gasteiger partial charge on any atom is -0.376 e. The number of hydrogen-bond donors (Lipinski definition) is 1. The summed E-state index contributed by atoms with van der Waals surface area (Å²) in [4.78, 5) is 14.4. The average Bonchev–Trinajstić information content (AvgIpc) is 3.13. The van der Waals surface area contributed by atoms with Gasteiger partial charge in [-0.2, -0.15) is 0 Å². The van der Waals surface area contributed by atoms with Crippen molar-refractivity contribution in [3.05, 3.63) is 0 Å². The summed E-state index contributed by atoms with van der Waals surface area (Å²) in [5.74, 6) is 0.652. The van der Waals surface area contributed by atoms with Gasteiger partial charge in [0.15, 0.2) is 0 Å². The maximum Gasteiger partial charge on any atom is 0.226 e. The molecule has 2 heterocycles. The van der Waals surface area contributed by atoms with E-state index in [9.17, 15) is 4.79 Å². The number of rotatable bonds is 3. The number of halogens is 1. The molecule has 1 N–H and O–H groups in total. The maximum absolute atomic E-state index is 12.5. The quantitative estimate of drug-likeness (QED) is 0.865. The van der Waals surface area contributed by atoms with Gasteiger partial charge >= 0.3 is 0 Å². The molecule has 3 rings (SSSR count). The fourth-order valence-corrected chi connectivity index (χ4v) is 3.79. The number of hydrogen-bond acceptors (Lipinski definition) is 3. The van der Waals surface area contributed by atoms with Gasteiger partial charge in [0.2, 0.25) is 5.91 Å². The van der Waals surface area contributed by atoms with Crippen LogP contribution in [0.1, 0.15) is 38.5 Å². The van der Waals surface area contributed by atoms with Crippen molar-refractivity contribution in [3.63, 3.8) is 0 Å². The lowest BCUT2D eigenvalue weighted by Gasteiger charge is -2.29. The summed E-state index contributed by atoms with van der Waals surface area (Å²) in [6.45, 7) is 3.81. The Morgan fingerprint density at radius 2 is 2.10 bits per heavy atom. The van der Waals surface area contributed by atoms with E-state index in [-0.39, 0.29) is 18.5 Å². The number of piperidine rings is 1. The van der Waals surface area contributed by atoms with Crippen LogP contribution in [0.5, 0.6) is 0 Å². The summed E-state index contributed by atoms with van der Waals surface area (Å²) in [6, 6.07) is 0. The number of likely N-dealkylation sites (N-methyl/N-ethyl adjacent to an activating group) is 1. The molecule has 2 atom stereocenters. The van der Waals surface area contributed by atoms with Crippen molar-refractivity contribution in [1.82, 2.24) is 10.2 Å². The van der Waals surface area contributed by atoms with Gasteiger partial charge in [0, 0.05) is 26.1 Å². The van der Waals surface area contributed by atoms with Gasteiger partial charge in [-0.15, -0.1) is 12.4 Å². The van der Waals surface area contributed by atoms with Gasteiger partial charge in [-0.05, 0) is 57.0 Å². The van der Waals surface area contributed by atoms with E-state index >= 15 is 0 Å². The number of nitrogens with zero attached hydrogens (tertiary/aromatic N) is 1. The van der Waals surface area contributed by atoms with Crippen LogP contribution < -0.4 is 5.32 Å². The van der Waals surface area contributed by atoms with E-state index in [1.165, 1.54) is 25.7 Å². The Morgan fingerprint density at radius 3 is 2.75 bits per heavy atom. The zero-order chi connectivity index (χ0) is 13.3. The lowest BCUT2D eigenvalue weighted by atomic mass is 9.91. The molecule has 4 nitrogen and oxygen atoms in total. The van der Waals surface area contributed by atoms with Crippen LogP contribution in [0.3, 0.4) is 0 Å². The van der Waals surface area contributed by atoms with E-state index in [2.05, 4.69) is 5.32 Å². The van der Waals surface area contributed by atoms with E-state index in [0.717, 1.165) is 39.1 Å². The van der Waals surface area contributed by atoms with Gasteiger partial charge < -0.3 is 15.0 Å². The summed E-state index contributed by atoms with van der Waals surface area (Å²) in [5, 5.41) is 3.39. The smallest absolute Gasteiger partial charge is 0.226 e. The van der Waals surface area contributed by atoms with Crippen molar-refractivity contribution in [1.29, 1.82) is 0 Å². The lowest BCUT2D eigenvalue weighted by Crippen LogP contribution is -2.39. The molecule has 0 aromatic rings. The van der Waals surface area contributed by atoms with Gasteiger partial charge in [-0.1, -0.05) is 0 Å². The molecule has 1 spiro atoms. The molecule has 116 valence electrons. The lowest BCUT2D eigenvalue weighted by molar-refractivity contribution is -0.134. The van der Waals surface area contributed by atoms with Crippen molar-refractivity contribution < 1.29 is 9.53 Å². The molecule has 1 amide bonds. The predicted octanol–water partition coefficient (Wildman–Crippen LogP) is 1.83. The molecule has 0 aromatic carbocycles. The SMILES string of the molecule is CN(CC1CCCCO1)C(=O)C1CC12CCNCC2.Cl. The van der Waals surface area contributed by atoms with Crippen LogP contribution in [0.25, 0.3) is 0 Å². The Hall–Kier alpha value is -0.320. The Kier molecular flexibility index (Phi) is 5.32. The molecule has 3 fully saturated rings. The van der Waals surface area contributed by atoms with Crippen LogP contribution >= 0.6 is 12.4 Å². The highest BCUT2D eigenvalue weighted by Gasteiger charge is 2.58. The number of amides is 1. The van der Waals surface area contributed by atoms with Crippen molar-refractivity contribution >= 4 is 18.3 Å². The first kappa shape index (κ1) is 16.1. The fourth-order valence-electron chi connectivity index (χ4n) is 3.79. The molecule has 5 heteroatoms. The molecule has 0 aromatic heterocycles. The molecular weight excluding hydrogens is 276 g/mol. The molecule has 0 radical (unpaired) electrons. The topological polar surface area (TPSA) is 41.6 Å². The summed E-state index contributed by atoms with van der Waals surface area (Å²) in [5.41, 5.74) is 0.351. The molecule has 2 unspecified atom stereocenters. The highest BCUT2D eigenvalue weighted by molar-refractivity contribution is 5.85. The summed E-state index contributed by atoms with van der Waals surface area (Å²) < 4.78 is 5.73. The third-order valence-corrected chi connectivity index (χ3v) is 5.21. The van der Waals surface area contributed by atoms with Crippen LogP contribution in [-0.4, -0.2) is 50.2 Å². The van der Waals surface area contributed by atoms with E-state index in [1.54, 1.807) is 0 Å². The third kappa shape index (κ3) is 3.29. The van der Waals surface area contributed by atoms with Gasteiger partial charge in [0.05, 0.1) is 6.10 Å². The van der Waals surface area contributed by atoms with Crippen molar-refractivity contribution in [2.45, 2.75) is 44.6 Å². The van der Waals surface area contributed by atoms with Gasteiger partial charge in [0.25, 0.3) is 0 Å². The number of nitrogens with one attached hydrogen (secondary N) is 1. The zero-order valence-electron chi connectivity index (χ0n) is 12.4. The molecule has 2 saturated heterocycles. The maximum atomic E-state index is 12.5. The number of ether oxygens (including phenoxy) is 1. The van der Waals surface area contributed by atoms with Gasteiger partial charge in [-0.3, -0.25) is 4.79 Å².